The van der Waals surface area contributed by atoms with Gasteiger partial charge in [0.15, 0.2) is 0 Å². The summed E-state index contributed by atoms with van der Waals surface area (Å²) in [5, 5.41) is 3.53. The molecule has 1 N–H and O–H groups in total. The summed E-state index contributed by atoms with van der Waals surface area (Å²) >= 11 is 3.49. The van der Waals surface area contributed by atoms with E-state index >= 15 is 0 Å². The second kappa shape index (κ2) is 6.23. The maximum Gasteiger partial charge on any atom is 0.217 e. The third-order valence-electron chi connectivity index (χ3n) is 3.98. The zero-order valence-corrected chi connectivity index (χ0v) is 12.8. The van der Waals surface area contributed by atoms with Crippen molar-refractivity contribution in [3.8, 4) is 5.88 Å². The Kier molecular flexibility index (Phi) is 4.38. The van der Waals surface area contributed by atoms with Crippen molar-refractivity contribution in [3.05, 3.63) is 22.3 Å². The van der Waals surface area contributed by atoms with E-state index in [1.807, 2.05) is 6.20 Å². The first-order valence-electron chi connectivity index (χ1n) is 7.32. The van der Waals surface area contributed by atoms with Crippen LogP contribution in [0.15, 0.2) is 16.7 Å². The minimum Gasteiger partial charge on any atom is -0.477 e. The van der Waals surface area contributed by atoms with Gasteiger partial charge in [0, 0.05) is 28.8 Å². The molecule has 0 spiro atoms. The minimum absolute atomic E-state index is 0.710. The van der Waals surface area contributed by atoms with E-state index in [0.717, 1.165) is 29.4 Å². The normalized spacial score (nSPS) is 19.8. The lowest BCUT2D eigenvalue weighted by atomic mass is 10.1. The molecule has 4 heteroatoms. The summed E-state index contributed by atoms with van der Waals surface area (Å²) in [5.74, 6) is 1.54. The highest BCUT2D eigenvalue weighted by Crippen LogP contribution is 2.27. The molecule has 2 saturated carbocycles. The van der Waals surface area contributed by atoms with Crippen LogP contribution in [-0.4, -0.2) is 17.6 Å². The van der Waals surface area contributed by atoms with Gasteiger partial charge in [-0.1, -0.05) is 12.8 Å². The zero-order valence-electron chi connectivity index (χ0n) is 11.2. The predicted octanol–water partition coefficient (Wildman–Crippen LogP) is 3.67. The van der Waals surface area contributed by atoms with Crippen LogP contribution in [0.25, 0.3) is 0 Å². The highest BCUT2D eigenvalue weighted by Gasteiger charge is 2.21. The molecule has 2 aliphatic carbocycles. The number of nitrogens with one attached hydrogen (secondary N) is 1. The van der Waals surface area contributed by atoms with Gasteiger partial charge in [-0.05, 0) is 53.6 Å². The maximum atomic E-state index is 5.96. The van der Waals surface area contributed by atoms with Gasteiger partial charge in [0.1, 0.15) is 0 Å². The molecular formula is C15H21BrN2O. The van der Waals surface area contributed by atoms with Crippen LogP contribution in [0.5, 0.6) is 5.88 Å². The van der Waals surface area contributed by atoms with Crippen molar-refractivity contribution < 1.29 is 4.74 Å². The van der Waals surface area contributed by atoms with Gasteiger partial charge in [0.05, 0.1) is 6.61 Å². The van der Waals surface area contributed by atoms with Crippen molar-refractivity contribution in [1.29, 1.82) is 0 Å². The van der Waals surface area contributed by atoms with E-state index in [1.165, 1.54) is 44.1 Å². The molecule has 1 aromatic heterocycles. The van der Waals surface area contributed by atoms with Gasteiger partial charge in [0.2, 0.25) is 5.88 Å². The molecule has 0 bridgehead atoms. The Hall–Kier alpha value is -0.610. The number of hydrogen-bond donors (Lipinski definition) is 1. The Morgan fingerprint density at radius 3 is 2.79 bits per heavy atom. The van der Waals surface area contributed by atoms with E-state index in [2.05, 4.69) is 32.3 Å². The molecule has 104 valence electrons. The molecule has 2 aliphatic rings. The van der Waals surface area contributed by atoms with E-state index in [0.29, 0.717) is 6.04 Å². The van der Waals surface area contributed by atoms with Crippen molar-refractivity contribution >= 4 is 15.9 Å². The van der Waals surface area contributed by atoms with Crippen molar-refractivity contribution in [2.75, 3.05) is 6.61 Å². The summed E-state index contributed by atoms with van der Waals surface area (Å²) in [6, 6.07) is 2.83. The molecule has 0 unspecified atom stereocenters. The lowest BCUT2D eigenvalue weighted by molar-refractivity contribution is 0.240. The quantitative estimate of drug-likeness (QED) is 0.867. The van der Waals surface area contributed by atoms with Gasteiger partial charge >= 0.3 is 0 Å². The fourth-order valence-electron chi connectivity index (χ4n) is 2.64. The highest BCUT2D eigenvalue weighted by atomic mass is 79.9. The Morgan fingerprint density at radius 2 is 2.05 bits per heavy atom. The summed E-state index contributed by atoms with van der Waals surface area (Å²) in [6.07, 6.45) is 9.78. The van der Waals surface area contributed by atoms with Crippen LogP contribution < -0.4 is 10.1 Å². The molecule has 1 heterocycles. The van der Waals surface area contributed by atoms with Gasteiger partial charge < -0.3 is 10.1 Å². The smallest absolute Gasteiger partial charge is 0.217 e. The summed E-state index contributed by atoms with van der Waals surface area (Å²) in [7, 11) is 0. The van der Waals surface area contributed by atoms with Crippen molar-refractivity contribution in [2.24, 2.45) is 5.92 Å². The highest BCUT2D eigenvalue weighted by molar-refractivity contribution is 9.10. The van der Waals surface area contributed by atoms with Crippen LogP contribution in [0.4, 0.5) is 0 Å². The molecule has 0 radical (unpaired) electrons. The van der Waals surface area contributed by atoms with E-state index in [1.54, 1.807) is 0 Å². The third-order valence-corrected chi connectivity index (χ3v) is 4.41. The Bertz CT molecular complexity index is 428. The number of hydrogen-bond acceptors (Lipinski definition) is 3. The summed E-state index contributed by atoms with van der Waals surface area (Å²) in [5.41, 5.74) is 1.17. The fourth-order valence-corrected chi connectivity index (χ4v) is 3.02. The van der Waals surface area contributed by atoms with Gasteiger partial charge in [-0.15, -0.1) is 0 Å². The lowest BCUT2D eigenvalue weighted by Gasteiger charge is -2.14. The zero-order chi connectivity index (χ0) is 13.1. The predicted molar refractivity (Wildman–Crippen MR) is 79.3 cm³/mol. The van der Waals surface area contributed by atoms with Crippen molar-refractivity contribution in [1.82, 2.24) is 10.3 Å². The minimum atomic E-state index is 0.710. The van der Waals surface area contributed by atoms with Gasteiger partial charge in [-0.3, -0.25) is 0 Å². The number of pyridine rings is 1. The van der Waals surface area contributed by atoms with Gasteiger partial charge in [-0.2, -0.15) is 0 Å². The Balaban J connectivity index is 1.60. The maximum absolute atomic E-state index is 5.96. The van der Waals surface area contributed by atoms with Crippen molar-refractivity contribution in [2.45, 2.75) is 51.1 Å². The van der Waals surface area contributed by atoms with Crippen LogP contribution in [-0.2, 0) is 6.54 Å². The fraction of sp³-hybridized carbons (Fsp3) is 0.667. The molecule has 1 aromatic rings. The Morgan fingerprint density at radius 1 is 1.26 bits per heavy atom. The molecule has 0 aromatic carbocycles. The van der Waals surface area contributed by atoms with Crippen LogP contribution in [0.1, 0.15) is 44.1 Å². The average Bonchev–Trinajstić information content (AvgIpc) is 3.10. The first kappa shape index (κ1) is 13.4. The molecule has 0 atom stereocenters. The average molecular weight is 325 g/mol. The monoisotopic (exact) mass is 324 g/mol. The number of nitrogens with zero attached hydrogens (tertiary/aromatic N) is 1. The molecule has 3 rings (SSSR count). The van der Waals surface area contributed by atoms with E-state index < -0.39 is 0 Å². The SMILES string of the molecule is Brc1cnc(OCC2CCCC2)c(CNC2CC2)c1. The third kappa shape index (κ3) is 3.93. The van der Waals surface area contributed by atoms with Crippen molar-refractivity contribution in [3.63, 3.8) is 0 Å². The largest absolute Gasteiger partial charge is 0.477 e. The summed E-state index contributed by atoms with van der Waals surface area (Å²) in [6.45, 7) is 1.68. The van der Waals surface area contributed by atoms with Gasteiger partial charge in [0.25, 0.3) is 0 Å². The molecule has 0 aliphatic heterocycles. The Labute approximate surface area is 123 Å². The van der Waals surface area contributed by atoms with E-state index in [4.69, 9.17) is 4.74 Å². The first-order valence-corrected chi connectivity index (χ1v) is 8.11. The summed E-state index contributed by atoms with van der Waals surface area (Å²) < 4.78 is 6.98. The number of ether oxygens (including phenoxy) is 1. The molecule has 19 heavy (non-hydrogen) atoms. The first-order chi connectivity index (χ1) is 9.31. The van der Waals surface area contributed by atoms with Crippen LogP contribution in [0, 0.1) is 5.92 Å². The molecule has 3 nitrogen and oxygen atoms in total. The summed E-state index contributed by atoms with van der Waals surface area (Å²) in [4.78, 5) is 4.43. The van der Waals surface area contributed by atoms with Gasteiger partial charge in [-0.25, -0.2) is 4.98 Å². The van der Waals surface area contributed by atoms with E-state index in [-0.39, 0.29) is 0 Å². The molecular weight excluding hydrogens is 304 g/mol. The molecule has 0 amide bonds. The van der Waals surface area contributed by atoms with E-state index in [9.17, 15) is 0 Å². The number of halogens is 1. The van der Waals surface area contributed by atoms with Crippen LogP contribution in [0.2, 0.25) is 0 Å². The second-order valence-electron chi connectivity index (χ2n) is 5.73. The molecule has 2 fully saturated rings. The number of rotatable bonds is 6. The number of aromatic nitrogens is 1. The topological polar surface area (TPSA) is 34.1 Å². The van der Waals surface area contributed by atoms with Crippen LogP contribution in [0.3, 0.4) is 0 Å². The molecule has 0 saturated heterocycles. The second-order valence-corrected chi connectivity index (χ2v) is 6.65. The standard InChI is InChI=1S/C15H21BrN2O/c16-13-7-12(8-17-14-5-6-14)15(18-9-13)19-10-11-3-1-2-4-11/h7,9,11,14,17H,1-6,8,10H2. The van der Waals surface area contributed by atoms with Crippen LogP contribution >= 0.6 is 15.9 Å². The lowest BCUT2D eigenvalue weighted by Crippen LogP contribution is -2.17.